The quantitative estimate of drug-likeness (QED) is 0.234. The van der Waals surface area contributed by atoms with E-state index < -0.39 is 17.7 Å². The Morgan fingerprint density at radius 2 is 1.67 bits per heavy atom. The highest BCUT2D eigenvalue weighted by molar-refractivity contribution is 6.39. The van der Waals surface area contributed by atoms with Gasteiger partial charge in [-0.25, -0.2) is 4.42 Å². The van der Waals surface area contributed by atoms with Crippen molar-refractivity contribution < 1.29 is 28.5 Å². The molecular weight excluding hydrogens is 473 g/mol. The molecule has 0 radical (unpaired) electrons. The highest BCUT2D eigenvalue weighted by atomic mass is 35.5. The first-order valence-electron chi connectivity index (χ1n) is 9.99. The molecule has 2 rings (SSSR count). The molecule has 11 heteroatoms. The van der Waals surface area contributed by atoms with Gasteiger partial charge in [0.25, 0.3) is 5.91 Å². The third kappa shape index (κ3) is 6.49. The average Bonchev–Trinajstić information content (AvgIpc) is 2.79. The van der Waals surface area contributed by atoms with Crippen LogP contribution in [0.15, 0.2) is 40.6 Å². The molecule has 0 spiro atoms. The molecule has 1 atom stereocenters. The first kappa shape index (κ1) is 26.2. The summed E-state index contributed by atoms with van der Waals surface area (Å²) >= 11 is 12.6. The summed E-state index contributed by atoms with van der Waals surface area (Å²) < 4.78 is 22.2. The number of halogens is 2. The van der Waals surface area contributed by atoms with Crippen LogP contribution in [0.3, 0.4) is 0 Å². The van der Waals surface area contributed by atoms with Gasteiger partial charge >= 0.3 is 0 Å². The van der Waals surface area contributed by atoms with Gasteiger partial charge in [-0.1, -0.05) is 11.6 Å². The van der Waals surface area contributed by atoms with Gasteiger partial charge in [0.1, 0.15) is 28.6 Å². The molecule has 1 amide bonds. The summed E-state index contributed by atoms with van der Waals surface area (Å²) in [5.74, 6) is 0.169. The van der Waals surface area contributed by atoms with E-state index in [0.717, 1.165) is 4.42 Å². The third-order valence-electron chi connectivity index (χ3n) is 4.30. The van der Waals surface area contributed by atoms with Crippen LogP contribution in [0.1, 0.15) is 20.8 Å². The molecule has 0 aliphatic rings. The number of methoxy groups -OCH3 is 2. The Hall–Kier alpha value is -3.04. The summed E-state index contributed by atoms with van der Waals surface area (Å²) in [5.41, 5.74) is 0.365. The summed E-state index contributed by atoms with van der Waals surface area (Å²) in [6.07, 6.45) is 0. The monoisotopic (exact) mass is 497 g/mol. The number of hydrogen-bond donors (Lipinski definition) is 0. The van der Waals surface area contributed by atoms with E-state index in [1.54, 1.807) is 31.2 Å². The van der Waals surface area contributed by atoms with E-state index in [4.69, 9.17) is 42.3 Å². The van der Waals surface area contributed by atoms with Crippen LogP contribution < -0.4 is 23.4 Å². The lowest BCUT2D eigenvalue weighted by Gasteiger charge is -2.19. The number of Topliss-reactive ketones (excluding diaryl/α,β-unsaturated/α-hetero) is 1. The number of amides is 1. The van der Waals surface area contributed by atoms with Gasteiger partial charge in [0, 0.05) is 30.0 Å². The first-order chi connectivity index (χ1) is 15.8. The highest BCUT2D eigenvalue weighted by Gasteiger charge is 2.30. The van der Waals surface area contributed by atoms with Crippen molar-refractivity contribution in [2.75, 3.05) is 31.9 Å². The van der Waals surface area contributed by atoms with Crippen LogP contribution in [0.5, 0.6) is 23.0 Å². The van der Waals surface area contributed by atoms with Gasteiger partial charge in [-0.05, 0) is 32.9 Å². The Morgan fingerprint density at radius 3 is 2.24 bits per heavy atom. The number of carbonyl (C=O) groups excluding carboxylic acids is 2. The molecule has 1 unspecified atom stereocenters. The lowest BCUT2D eigenvalue weighted by Crippen LogP contribution is -2.36. The van der Waals surface area contributed by atoms with Gasteiger partial charge in [0.2, 0.25) is 6.04 Å². The Labute approximate surface area is 202 Å². The Kier molecular flexibility index (Phi) is 9.74. The number of benzene rings is 2. The van der Waals surface area contributed by atoms with Crippen molar-refractivity contribution in [2.45, 2.75) is 26.8 Å². The molecular formula is C22H25Cl2N3O6. The zero-order chi connectivity index (χ0) is 24.5. The first-order valence-corrected chi connectivity index (χ1v) is 10.7. The molecule has 9 nitrogen and oxygen atoms in total. The lowest BCUT2D eigenvalue weighted by atomic mass is 10.2. The Balaban J connectivity index is 2.40. The Morgan fingerprint density at radius 1 is 1.00 bits per heavy atom. The molecule has 0 saturated heterocycles. The molecule has 0 bridgehead atoms. The second-order valence-corrected chi connectivity index (χ2v) is 7.25. The van der Waals surface area contributed by atoms with E-state index in [0.29, 0.717) is 30.5 Å². The van der Waals surface area contributed by atoms with Gasteiger partial charge in [-0.3, -0.25) is 9.59 Å². The maximum absolute atomic E-state index is 13.0. The van der Waals surface area contributed by atoms with Crippen LogP contribution in [0.25, 0.3) is 0 Å². The fourth-order valence-corrected chi connectivity index (χ4v) is 3.23. The predicted molar refractivity (Wildman–Crippen MR) is 126 cm³/mol. The molecule has 2 aromatic rings. The molecule has 0 aromatic heterocycles. The minimum absolute atomic E-state index is 0.157. The topological polar surface area (TPSA) is 99.0 Å². The number of nitrogens with zero attached hydrogens (tertiary/aromatic N) is 3. The number of azo groups is 1. The number of anilines is 1. The van der Waals surface area contributed by atoms with Crippen molar-refractivity contribution in [3.63, 3.8) is 0 Å². The highest BCUT2D eigenvalue weighted by Crippen LogP contribution is 2.40. The fourth-order valence-electron chi connectivity index (χ4n) is 2.76. The standard InChI is InChI=1S/C22H25Cl2N3O6/c1-6-32-15-10-16(23)21(19(12-15)33-7-2)26-25-20(13(3)28)22(29)27(24)17-9-8-14(30-4)11-18(17)31-5/h8-12,20H,6-7H2,1-5H3. The molecule has 0 fully saturated rings. The molecule has 2 aromatic carbocycles. The van der Waals surface area contributed by atoms with E-state index in [2.05, 4.69) is 10.2 Å². The average molecular weight is 498 g/mol. The van der Waals surface area contributed by atoms with E-state index in [9.17, 15) is 9.59 Å². The van der Waals surface area contributed by atoms with Crippen LogP contribution >= 0.6 is 23.4 Å². The van der Waals surface area contributed by atoms with Gasteiger partial charge in [-0.2, -0.15) is 5.11 Å². The van der Waals surface area contributed by atoms with E-state index in [1.807, 2.05) is 6.92 Å². The summed E-state index contributed by atoms with van der Waals surface area (Å²) in [4.78, 5) is 25.2. The number of ether oxygens (including phenoxy) is 4. The normalized spacial score (nSPS) is 11.7. The molecule has 178 valence electrons. The smallest absolute Gasteiger partial charge is 0.276 e. The fraction of sp³-hybridized carbons (Fsp3) is 0.364. The molecule has 0 aliphatic carbocycles. The SMILES string of the molecule is CCOc1cc(Cl)c(N=NC(C(C)=O)C(=O)N(Cl)c2ccc(OC)cc2OC)c(OCC)c1. The van der Waals surface area contributed by atoms with Crippen molar-refractivity contribution in [3.05, 3.63) is 35.4 Å². The minimum Gasteiger partial charge on any atom is -0.497 e. The zero-order valence-corrected chi connectivity index (χ0v) is 20.4. The molecule has 0 N–H and O–H groups in total. The molecule has 33 heavy (non-hydrogen) atoms. The van der Waals surface area contributed by atoms with Crippen LogP contribution in [-0.4, -0.2) is 45.2 Å². The number of carbonyl (C=O) groups is 2. The number of rotatable bonds is 11. The number of hydrogen-bond acceptors (Lipinski definition) is 8. The molecule has 0 heterocycles. The van der Waals surface area contributed by atoms with Gasteiger partial charge in [-0.15, -0.1) is 5.11 Å². The molecule has 0 aliphatic heterocycles. The van der Waals surface area contributed by atoms with Crippen molar-refractivity contribution in [1.29, 1.82) is 0 Å². The second-order valence-electron chi connectivity index (χ2n) is 6.50. The van der Waals surface area contributed by atoms with Crippen molar-refractivity contribution in [1.82, 2.24) is 0 Å². The van der Waals surface area contributed by atoms with Crippen molar-refractivity contribution in [3.8, 4) is 23.0 Å². The Bertz CT molecular complexity index is 1030. The van der Waals surface area contributed by atoms with E-state index >= 15 is 0 Å². The second kappa shape index (κ2) is 12.3. The largest absolute Gasteiger partial charge is 0.497 e. The summed E-state index contributed by atoms with van der Waals surface area (Å²) in [7, 11) is 2.91. The summed E-state index contributed by atoms with van der Waals surface area (Å²) in [6, 6.07) is 6.30. The maximum Gasteiger partial charge on any atom is 0.276 e. The molecule has 0 saturated carbocycles. The third-order valence-corrected chi connectivity index (χ3v) is 4.93. The van der Waals surface area contributed by atoms with Crippen LogP contribution in [0.4, 0.5) is 11.4 Å². The number of ketones is 1. The summed E-state index contributed by atoms with van der Waals surface area (Å²) in [6.45, 7) is 5.60. The lowest BCUT2D eigenvalue weighted by molar-refractivity contribution is -0.126. The zero-order valence-electron chi connectivity index (χ0n) is 18.9. The predicted octanol–water partition coefficient (Wildman–Crippen LogP) is 5.38. The van der Waals surface area contributed by atoms with Crippen LogP contribution in [0.2, 0.25) is 5.02 Å². The van der Waals surface area contributed by atoms with Crippen LogP contribution in [0, 0.1) is 0 Å². The summed E-state index contributed by atoms with van der Waals surface area (Å²) in [5, 5.41) is 8.17. The van der Waals surface area contributed by atoms with Gasteiger partial charge in [0.15, 0.2) is 11.5 Å². The van der Waals surface area contributed by atoms with Crippen molar-refractivity contribution in [2.24, 2.45) is 10.2 Å². The van der Waals surface area contributed by atoms with Crippen LogP contribution in [-0.2, 0) is 9.59 Å². The van der Waals surface area contributed by atoms with Gasteiger partial charge in [0.05, 0.1) is 32.5 Å². The minimum atomic E-state index is -1.52. The van der Waals surface area contributed by atoms with E-state index in [1.165, 1.54) is 27.2 Å². The van der Waals surface area contributed by atoms with Gasteiger partial charge < -0.3 is 18.9 Å². The van der Waals surface area contributed by atoms with Crippen molar-refractivity contribution >= 4 is 46.4 Å². The maximum atomic E-state index is 13.0. The van der Waals surface area contributed by atoms with E-state index in [-0.39, 0.29) is 22.1 Å².